The number of halogens is 1. The Kier molecular flexibility index (Phi) is 5.81. The quantitative estimate of drug-likeness (QED) is 0.349. The van der Waals surface area contributed by atoms with Crippen molar-refractivity contribution in [1.82, 2.24) is 20.2 Å². The Morgan fingerprint density at radius 2 is 2.04 bits per heavy atom. The largest absolute Gasteiger partial charge is 0.324 e. The van der Waals surface area contributed by atoms with Gasteiger partial charge in [0.15, 0.2) is 0 Å². The second-order valence-electron chi connectivity index (χ2n) is 5.47. The normalized spacial score (nSPS) is 10.6. The lowest BCUT2D eigenvalue weighted by molar-refractivity contribution is -0.384. The lowest BCUT2D eigenvalue weighted by Gasteiger charge is -2.07. The highest BCUT2D eigenvalue weighted by atomic mass is 79.9. The third kappa shape index (κ3) is 4.68. The number of nitrogens with one attached hydrogen (secondary N) is 1. The number of carbonyl (C=O) groups is 1. The summed E-state index contributed by atoms with van der Waals surface area (Å²) in [7, 11) is 0. The molecule has 0 saturated heterocycles. The van der Waals surface area contributed by atoms with Gasteiger partial charge < -0.3 is 5.32 Å². The highest BCUT2D eigenvalue weighted by Gasteiger charge is 2.14. The number of nitrogens with zero attached hydrogens (tertiary/aromatic N) is 5. The van der Waals surface area contributed by atoms with Crippen molar-refractivity contribution in [2.75, 3.05) is 11.1 Å². The van der Waals surface area contributed by atoms with Crippen LogP contribution in [0.3, 0.4) is 0 Å². The first-order valence-corrected chi connectivity index (χ1v) is 9.44. The number of anilines is 1. The van der Waals surface area contributed by atoms with Gasteiger partial charge in [-0.25, -0.2) is 0 Å². The highest BCUT2D eigenvalue weighted by Crippen LogP contribution is 2.27. The van der Waals surface area contributed by atoms with Crippen molar-refractivity contribution in [2.45, 2.75) is 12.1 Å². The summed E-state index contributed by atoms with van der Waals surface area (Å²) in [6, 6.07) is 11.8. The van der Waals surface area contributed by atoms with Crippen LogP contribution in [-0.2, 0) is 4.79 Å². The molecule has 1 aromatic heterocycles. The summed E-state index contributed by atoms with van der Waals surface area (Å²) in [6.45, 7) is 1.99. The summed E-state index contributed by atoms with van der Waals surface area (Å²) in [5.74, 6) is -0.205. The van der Waals surface area contributed by atoms with E-state index in [-0.39, 0.29) is 17.3 Å². The molecule has 3 aromatic rings. The topological polar surface area (TPSA) is 116 Å². The van der Waals surface area contributed by atoms with E-state index in [1.54, 1.807) is 4.68 Å². The molecule has 0 aliphatic heterocycles. The van der Waals surface area contributed by atoms with Crippen LogP contribution in [0, 0.1) is 17.0 Å². The number of nitro benzene ring substituents is 1. The van der Waals surface area contributed by atoms with E-state index in [2.05, 4.69) is 36.8 Å². The molecule has 11 heteroatoms. The maximum Gasteiger partial charge on any atom is 0.270 e. The molecule has 0 saturated carbocycles. The van der Waals surface area contributed by atoms with Crippen LogP contribution in [0.25, 0.3) is 5.69 Å². The first-order valence-electron chi connectivity index (χ1n) is 7.66. The van der Waals surface area contributed by atoms with Gasteiger partial charge >= 0.3 is 0 Å². The van der Waals surface area contributed by atoms with Gasteiger partial charge in [-0.2, -0.15) is 4.68 Å². The van der Waals surface area contributed by atoms with Crippen molar-refractivity contribution in [3.05, 3.63) is 62.6 Å². The predicted octanol–water partition coefficient (Wildman–Crippen LogP) is 3.37. The maximum absolute atomic E-state index is 12.2. The average Bonchev–Trinajstić information content (AvgIpc) is 3.10. The third-order valence-corrected chi connectivity index (χ3v) is 5.06. The summed E-state index contributed by atoms with van der Waals surface area (Å²) in [4.78, 5) is 22.5. The number of aromatic nitrogens is 4. The zero-order chi connectivity index (χ0) is 19.4. The van der Waals surface area contributed by atoms with E-state index in [4.69, 9.17) is 0 Å². The van der Waals surface area contributed by atoms with Crippen molar-refractivity contribution in [2.24, 2.45) is 0 Å². The molecule has 9 nitrogen and oxygen atoms in total. The van der Waals surface area contributed by atoms with E-state index in [1.165, 1.54) is 30.0 Å². The third-order valence-electron chi connectivity index (χ3n) is 3.49. The Balaban J connectivity index is 1.64. The molecule has 2 aromatic carbocycles. The molecule has 0 fully saturated rings. The summed E-state index contributed by atoms with van der Waals surface area (Å²) < 4.78 is 1.98. The van der Waals surface area contributed by atoms with Crippen LogP contribution in [0.1, 0.15) is 5.56 Å². The van der Waals surface area contributed by atoms with Gasteiger partial charge in [0.1, 0.15) is 0 Å². The highest BCUT2D eigenvalue weighted by molar-refractivity contribution is 9.10. The molecule has 0 atom stereocenters. The monoisotopic (exact) mass is 448 g/mol. The molecule has 0 aliphatic rings. The lowest BCUT2D eigenvalue weighted by atomic mass is 10.2. The van der Waals surface area contributed by atoms with Crippen LogP contribution < -0.4 is 5.32 Å². The minimum atomic E-state index is -0.503. The van der Waals surface area contributed by atoms with Crippen LogP contribution in [-0.4, -0.2) is 36.8 Å². The Hall–Kier alpha value is -2.79. The number of aryl methyl sites for hydroxylation is 1. The Morgan fingerprint density at radius 3 is 2.70 bits per heavy atom. The van der Waals surface area contributed by atoms with E-state index in [9.17, 15) is 14.9 Å². The molecule has 0 unspecified atom stereocenters. The standard InChI is InChI=1S/C16H13BrN6O3S/c1-10-2-4-11(5-3-10)22-16(19-20-21-22)27-9-15(24)18-14-7-6-12(23(25)26)8-13(14)17/h2-8H,9H2,1H3,(H,18,24). The first kappa shape index (κ1) is 19.0. The molecule has 138 valence electrons. The van der Waals surface area contributed by atoms with Crippen LogP contribution >= 0.6 is 27.7 Å². The molecule has 1 heterocycles. The maximum atomic E-state index is 12.2. The summed E-state index contributed by atoms with van der Waals surface area (Å²) in [5, 5.41) is 25.5. The number of hydrogen-bond donors (Lipinski definition) is 1. The smallest absolute Gasteiger partial charge is 0.270 e. The lowest BCUT2D eigenvalue weighted by Crippen LogP contribution is -2.15. The van der Waals surface area contributed by atoms with E-state index in [0.717, 1.165) is 11.3 Å². The Morgan fingerprint density at radius 1 is 1.30 bits per heavy atom. The van der Waals surface area contributed by atoms with E-state index < -0.39 is 4.92 Å². The minimum absolute atomic E-state index is 0.0634. The number of nitro groups is 1. The molecule has 1 amide bonds. The van der Waals surface area contributed by atoms with Gasteiger partial charge in [0.25, 0.3) is 5.69 Å². The van der Waals surface area contributed by atoms with Gasteiger partial charge in [0.05, 0.1) is 22.1 Å². The zero-order valence-corrected chi connectivity index (χ0v) is 16.4. The molecule has 27 heavy (non-hydrogen) atoms. The molecule has 0 aliphatic carbocycles. The minimum Gasteiger partial charge on any atom is -0.324 e. The molecular weight excluding hydrogens is 436 g/mol. The zero-order valence-electron chi connectivity index (χ0n) is 14.0. The molecule has 0 radical (unpaired) electrons. The van der Waals surface area contributed by atoms with Gasteiger partial charge in [-0.3, -0.25) is 14.9 Å². The van der Waals surface area contributed by atoms with Gasteiger partial charge in [-0.05, 0) is 51.5 Å². The Labute approximate surface area is 166 Å². The fourth-order valence-corrected chi connectivity index (χ4v) is 3.31. The number of carbonyl (C=O) groups excluding carboxylic acids is 1. The fraction of sp³-hybridized carbons (Fsp3) is 0.125. The van der Waals surface area contributed by atoms with Gasteiger partial charge in [-0.15, -0.1) is 5.10 Å². The molecule has 0 bridgehead atoms. The van der Waals surface area contributed by atoms with Gasteiger partial charge in [-0.1, -0.05) is 29.5 Å². The summed E-state index contributed by atoms with van der Waals surface area (Å²) in [5.41, 5.74) is 2.30. The molecule has 0 spiro atoms. The van der Waals surface area contributed by atoms with E-state index >= 15 is 0 Å². The second kappa shape index (κ2) is 8.27. The average molecular weight is 449 g/mol. The van der Waals surface area contributed by atoms with Crippen molar-refractivity contribution in [3.63, 3.8) is 0 Å². The van der Waals surface area contributed by atoms with Crippen LogP contribution in [0.2, 0.25) is 0 Å². The summed E-state index contributed by atoms with van der Waals surface area (Å²) in [6.07, 6.45) is 0. The predicted molar refractivity (Wildman–Crippen MR) is 104 cm³/mol. The van der Waals surface area contributed by atoms with Gasteiger partial charge in [0, 0.05) is 16.6 Å². The number of amides is 1. The van der Waals surface area contributed by atoms with Crippen molar-refractivity contribution in [1.29, 1.82) is 0 Å². The van der Waals surface area contributed by atoms with Crippen molar-refractivity contribution < 1.29 is 9.72 Å². The number of tetrazole rings is 1. The SMILES string of the molecule is Cc1ccc(-n2nnnc2SCC(=O)Nc2ccc([N+](=O)[O-])cc2Br)cc1. The van der Waals surface area contributed by atoms with Crippen LogP contribution in [0.5, 0.6) is 0 Å². The Bertz CT molecular complexity index is 992. The van der Waals surface area contributed by atoms with Gasteiger partial charge in [0.2, 0.25) is 11.1 Å². The van der Waals surface area contributed by atoms with Crippen molar-refractivity contribution in [3.8, 4) is 5.69 Å². The van der Waals surface area contributed by atoms with Crippen LogP contribution in [0.4, 0.5) is 11.4 Å². The number of hydrogen-bond acceptors (Lipinski definition) is 7. The second-order valence-corrected chi connectivity index (χ2v) is 7.26. The van der Waals surface area contributed by atoms with Crippen LogP contribution in [0.15, 0.2) is 52.1 Å². The van der Waals surface area contributed by atoms with E-state index in [0.29, 0.717) is 15.3 Å². The molecular formula is C16H13BrN6O3S. The van der Waals surface area contributed by atoms with Crippen molar-refractivity contribution >= 4 is 45.0 Å². The number of non-ortho nitro benzene ring substituents is 1. The summed E-state index contributed by atoms with van der Waals surface area (Å²) >= 11 is 4.40. The first-order chi connectivity index (χ1) is 12.9. The molecule has 1 N–H and O–H groups in total. The fourth-order valence-electron chi connectivity index (χ4n) is 2.15. The number of rotatable bonds is 6. The number of thioether (sulfide) groups is 1. The number of benzene rings is 2. The molecule has 3 rings (SSSR count). The van der Waals surface area contributed by atoms with E-state index in [1.807, 2.05) is 31.2 Å².